The van der Waals surface area contributed by atoms with Crippen LogP contribution in [0.15, 0.2) is 74.4 Å². The fourth-order valence-corrected chi connectivity index (χ4v) is 7.04. The van der Waals surface area contributed by atoms with E-state index in [1.807, 2.05) is 11.9 Å². The van der Waals surface area contributed by atoms with Crippen molar-refractivity contribution in [3.05, 3.63) is 75.0 Å². The lowest BCUT2D eigenvalue weighted by molar-refractivity contribution is -0.117. The highest BCUT2D eigenvalue weighted by atomic mass is 79.9. The highest BCUT2D eigenvalue weighted by Crippen LogP contribution is 2.50. The van der Waals surface area contributed by atoms with Crippen LogP contribution in [-0.2, 0) is 19.7 Å². The molecule has 0 saturated heterocycles. The predicted molar refractivity (Wildman–Crippen MR) is 137 cm³/mol. The minimum Gasteiger partial charge on any atom is -0.493 e. The van der Waals surface area contributed by atoms with Crippen LogP contribution in [0.2, 0.25) is 0 Å². The van der Waals surface area contributed by atoms with Crippen LogP contribution in [0.1, 0.15) is 50.0 Å². The molecule has 0 atom stereocenters. The lowest BCUT2D eigenvalue weighted by Gasteiger charge is -2.42. The van der Waals surface area contributed by atoms with Crippen LogP contribution in [-0.4, -0.2) is 39.0 Å². The van der Waals surface area contributed by atoms with E-state index in [-0.39, 0.29) is 28.0 Å². The molecule has 0 spiro atoms. The number of halogens is 1. The minimum atomic E-state index is -4.11. The van der Waals surface area contributed by atoms with Gasteiger partial charge in [0.15, 0.2) is 23.1 Å². The van der Waals surface area contributed by atoms with E-state index in [4.69, 9.17) is 8.92 Å². The first-order valence-corrected chi connectivity index (χ1v) is 14.1. The molecule has 188 valence electrons. The average Bonchev–Trinajstić information content (AvgIpc) is 2.87. The Kier molecular flexibility index (Phi) is 6.55. The zero-order valence-electron chi connectivity index (χ0n) is 20.0. The molecule has 36 heavy (non-hydrogen) atoms. The molecule has 2 aliphatic carbocycles. The van der Waals surface area contributed by atoms with Gasteiger partial charge >= 0.3 is 10.1 Å². The van der Waals surface area contributed by atoms with Gasteiger partial charge in [0.2, 0.25) is 0 Å². The Morgan fingerprint density at radius 1 is 0.917 bits per heavy atom. The van der Waals surface area contributed by atoms with E-state index in [1.165, 1.54) is 19.2 Å². The molecule has 1 heterocycles. The zero-order valence-corrected chi connectivity index (χ0v) is 22.4. The van der Waals surface area contributed by atoms with Crippen LogP contribution < -0.4 is 8.92 Å². The quantitative estimate of drug-likeness (QED) is 0.451. The number of allylic oxidation sites excluding steroid dienone is 4. The maximum atomic E-state index is 13.2. The molecule has 1 aliphatic heterocycles. The minimum absolute atomic E-state index is 0.00591. The fourth-order valence-electron chi connectivity index (χ4n) is 5.42. The molecule has 0 bridgehead atoms. The molecular weight excluding hydrogens is 546 g/mol. The Bertz CT molecular complexity index is 1380. The third-order valence-corrected chi connectivity index (χ3v) is 8.88. The number of ether oxygens (including phenoxy) is 1. The van der Waals surface area contributed by atoms with Crippen molar-refractivity contribution in [1.29, 1.82) is 0 Å². The summed E-state index contributed by atoms with van der Waals surface area (Å²) in [5.74, 6) is -0.253. The topological polar surface area (TPSA) is 90.0 Å². The summed E-state index contributed by atoms with van der Waals surface area (Å²) in [5, 5.41) is 0. The number of ketones is 2. The lowest BCUT2D eigenvalue weighted by atomic mass is 9.71. The molecule has 7 nitrogen and oxygen atoms in total. The van der Waals surface area contributed by atoms with Crippen LogP contribution in [0.3, 0.4) is 0 Å². The van der Waals surface area contributed by atoms with E-state index in [9.17, 15) is 18.0 Å². The van der Waals surface area contributed by atoms with Crippen molar-refractivity contribution in [3.63, 3.8) is 0 Å². The van der Waals surface area contributed by atoms with Gasteiger partial charge in [-0.2, -0.15) is 8.42 Å². The highest BCUT2D eigenvalue weighted by Gasteiger charge is 2.42. The first-order chi connectivity index (χ1) is 17.2. The molecule has 0 radical (unpaired) electrons. The number of benzene rings is 2. The molecule has 2 aromatic rings. The number of hydrogen-bond donors (Lipinski definition) is 0. The molecular formula is C27H26BrNO6S. The predicted octanol–water partition coefficient (Wildman–Crippen LogP) is 5.27. The van der Waals surface area contributed by atoms with Gasteiger partial charge in [0.25, 0.3) is 0 Å². The highest BCUT2D eigenvalue weighted by molar-refractivity contribution is 9.10. The Morgan fingerprint density at radius 2 is 1.50 bits per heavy atom. The Balaban J connectivity index is 1.65. The number of Topliss-reactive ketones (excluding diaryl/α,β-unsaturated/α-hetero) is 2. The molecule has 0 N–H and O–H groups in total. The summed E-state index contributed by atoms with van der Waals surface area (Å²) in [4.78, 5) is 28.5. The number of methoxy groups -OCH3 is 1. The van der Waals surface area contributed by atoms with Crippen LogP contribution in [0, 0.1) is 0 Å². The first-order valence-electron chi connectivity index (χ1n) is 11.9. The van der Waals surface area contributed by atoms with E-state index in [0.717, 1.165) is 37.1 Å². The summed E-state index contributed by atoms with van der Waals surface area (Å²) in [6, 6.07) is 11.3. The van der Waals surface area contributed by atoms with Crippen LogP contribution in [0.4, 0.5) is 0 Å². The van der Waals surface area contributed by atoms with E-state index in [0.29, 0.717) is 34.0 Å². The van der Waals surface area contributed by atoms with Gasteiger partial charge in [0.05, 0.1) is 11.6 Å². The largest absolute Gasteiger partial charge is 0.493 e. The van der Waals surface area contributed by atoms with Gasteiger partial charge in [0.1, 0.15) is 4.90 Å². The standard InChI is InChI=1S/C27H26BrNO6S/c1-29-19-10-6-12-21(30)25(19)24(26-20(29)11-7-13-22(26)31)16-14-18(28)27(23(15-16)34-2)35-36(32,33)17-8-4-3-5-9-17/h3-5,8-9,14-15,24H,6-7,10-13H2,1-2H3. The zero-order chi connectivity index (χ0) is 25.6. The molecule has 0 fully saturated rings. The number of rotatable bonds is 5. The van der Waals surface area contributed by atoms with Crippen molar-refractivity contribution >= 4 is 37.6 Å². The number of carbonyl (C=O) groups excluding carboxylic acids is 2. The van der Waals surface area contributed by atoms with Gasteiger partial charge in [0, 0.05) is 48.3 Å². The molecule has 9 heteroatoms. The monoisotopic (exact) mass is 571 g/mol. The Labute approximate surface area is 219 Å². The first kappa shape index (κ1) is 24.8. The smallest absolute Gasteiger partial charge is 0.339 e. The summed E-state index contributed by atoms with van der Waals surface area (Å²) in [6.45, 7) is 0. The molecule has 0 amide bonds. The third-order valence-electron chi connectivity index (χ3n) is 7.05. The van der Waals surface area contributed by atoms with E-state index >= 15 is 0 Å². The van der Waals surface area contributed by atoms with Crippen molar-refractivity contribution in [2.75, 3.05) is 14.2 Å². The molecule has 0 aromatic heterocycles. The summed E-state index contributed by atoms with van der Waals surface area (Å²) in [7, 11) is -0.742. The summed E-state index contributed by atoms with van der Waals surface area (Å²) in [6.07, 6.45) is 3.98. The second kappa shape index (κ2) is 9.52. The summed E-state index contributed by atoms with van der Waals surface area (Å²) < 4.78 is 37.2. The number of carbonyl (C=O) groups is 2. The van der Waals surface area contributed by atoms with Gasteiger partial charge in [-0.15, -0.1) is 0 Å². The van der Waals surface area contributed by atoms with E-state index in [1.54, 1.807) is 30.3 Å². The van der Waals surface area contributed by atoms with Gasteiger partial charge in [-0.1, -0.05) is 18.2 Å². The molecule has 3 aliphatic rings. The van der Waals surface area contributed by atoms with Crippen molar-refractivity contribution in [2.45, 2.75) is 49.3 Å². The fraction of sp³-hybridized carbons (Fsp3) is 0.333. The molecule has 0 saturated carbocycles. The molecule has 5 rings (SSSR count). The average molecular weight is 572 g/mol. The SMILES string of the molecule is COc1cc(C2C3=C(CCCC3=O)N(C)C3=C2C(=O)CCC3)cc(Br)c1OS(=O)(=O)c1ccccc1. The molecule has 2 aromatic carbocycles. The van der Waals surface area contributed by atoms with Crippen molar-refractivity contribution in [3.8, 4) is 11.5 Å². The number of hydrogen-bond acceptors (Lipinski definition) is 7. The van der Waals surface area contributed by atoms with E-state index < -0.39 is 16.0 Å². The van der Waals surface area contributed by atoms with Crippen molar-refractivity contribution < 1.29 is 26.9 Å². The third kappa shape index (κ3) is 4.18. The Morgan fingerprint density at radius 3 is 2.06 bits per heavy atom. The van der Waals surface area contributed by atoms with Crippen LogP contribution in [0.25, 0.3) is 0 Å². The lowest BCUT2D eigenvalue weighted by Crippen LogP contribution is -2.37. The Hall–Kier alpha value is -2.91. The van der Waals surface area contributed by atoms with Gasteiger partial charge in [-0.05, 0) is 71.4 Å². The maximum absolute atomic E-state index is 13.2. The normalized spacial score (nSPS) is 18.8. The van der Waals surface area contributed by atoms with Gasteiger partial charge in [-0.25, -0.2) is 0 Å². The molecule has 0 unspecified atom stereocenters. The second-order valence-electron chi connectivity index (χ2n) is 9.15. The van der Waals surface area contributed by atoms with Crippen LogP contribution in [0.5, 0.6) is 11.5 Å². The van der Waals surface area contributed by atoms with Crippen molar-refractivity contribution in [2.24, 2.45) is 0 Å². The van der Waals surface area contributed by atoms with Crippen molar-refractivity contribution in [1.82, 2.24) is 4.90 Å². The summed E-state index contributed by atoms with van der Waals surface area (Å²) in [5.41, 5.74) is 3.91. The van der Waals surface area contributed by atoms with Crippen LogP contribution >= 0.6 is 15.9 Å². The van der Waals surface area contributed by atoms with Gasteiger partial charge < -0.3 is 13.8 Å². The van der Waals surface area contributed by atoms with Gasteiger partial charge in [-0.3, -0.25) is 9.59 Å². The van der Waals surface area contributed by atoms with E-state index in [2.05, 4.69) is 15.9 Å². The second-order valence-corrected chi connectivity index (χ2v) is 11.6. The maximum Gasteiger partial charge on any atom is 0.339 e. The number of nitrogens with zero attached hydrogens (tertiary/aromatic N) is 1. The summed E-state index contributed by atoms with van der Waals surface area (Å²) >= 11 is 3.47.